The zero-order chi connectivity index (χ0) is 13.7. The van der Waals surface area contributed by atoms with Crippen molar-refractivity contribution in [3.63, 3.8) is 0 Å². The van der Waals surface area contributed by atoms with Crippen LogP contribution in [-0.4, -0.2) is 19.6 Å². The van der Waals surface area contributed by atoms with Crippen LogP contribution >= 0.6 is 11.6 Å². The van der Waals surface area contributed by atoms with Crippen molar-refractivity contribution in [2.75, 3.05) is 0 Å². The van der Waals surface area contributed by atoms with Gasteiger partial charge in [0.25, 0.3) is 0 Å². The van der Waals surface area contributed by atoms with Gasteiger partial charge in [-0.1, -0.05) is 11.6 Å². The summed E-state index contributed by atoms with van der Waals surface area (Å²) in [5, 5.41) is 10.7. The first-order valence-corrected chi connectivity index (χ1v) is 6.92. The van der Waals surface area contributed by atoms with Gasteiger partial charge in [-0.15, -0.1) is 0 Å². The van der Waals surface area contributed by atoms with Crippen molar-refractivity contribution in [3.8, 4) is 17.1 Å². The first kappa shape index (κ1) is 11.7. The maximum Gasteiger partial charge on any atom is 0.145 e. The van der Waals surface area contributed by atoms with Crippen molar-refractivity contribution < 1.29 is 5.11 Å². The third-order valence-electron chi connectivity index (χ3n) is 3.60. The first-order valence-electron chi connectivity index (χ1n) is 6.55. The third-order valence-corrected chi connectivity index (χ3v) is 3.84. The Morgan fingerprint density at radius 2 is 2.10 bits per heavy atom. The van der Waals surface area contributed by atoms with Crippen LogP contribution in [0.1, 0.15) is 18.9 Å². The molecule has 4 nitrogen and oxygen atoms in total. The van der Waals surface area contributed by atoms with Crippen molar-refractivity contribution >= 4 is 22.6 Å². The summed E-state index contributed by atoms with van der Waals surface area (Å²) in [6, 6.07) is 7.45. The van der Waals surface area contributed by atoms with E-state index >= 15 is 0 Å². The number of pyridine rings is 1. The molecule has 1 saturated carbocycles. The average Bonchev–Trinajstić information content (AvgIpc) is 3.21. The van der Waals surface area contributed by atoms with Gasteiger partial charge in [0.15, 0.2) is 0 Å². The topological polar surface area (TPSA) is 50.9 Å². The molecule has 0 atom stereocenters. The van der Waals surface area contributed by atoms with Gasteiger partial charge in [0.05, 0.1) is 17.3 Å². The number of aromatic nitrogens is 3. The molecule has 0 amide bonds. The lowest BCUT2D eigenvalue weighted by Crippen LogP contribution is -1.97. The first-order chi connectivity index (χ1) is 9.74. The highest BCUT2D eigenvalue weighted by atomic mass is 35.5. The van der Waals surface area contributed by atoms with Gasteiger partial charge < -0.3 is 9.67 Å². The van der Waals surface area contributed by atoms with Crippen molar-refractivity contribution in [2.24, 2.45) is 0 Å². The number of halogens is 1. The Bertz CT molecular complexity index is 808. The van der Waals surface area contributed by atoms with E-state index in [2.05, 4.69) is 14.5 Å². The summed E-state index contributed by atoms with van der Waals surface area (Å²) < 4.78 is 2.18. The lowest BCUT2D eigenvalue weighted by molar-refractivity contribution is 0.476. The number of rotatable bonds is 2. The van der Waals surface area contributed by atoms with Gasteiger partial charge in [-0.25, -0.2) is 4.98 Å². The van der Waals surface area contributed by atoms with E-state index in [4.69, 9.17) is 11.6 Å². The Balaban J connectivity index is 2.03. The number of phenols is 1. The highest BCUT2D eigenvalue weighted by molar-refractivity contribution is 6.30. The van der Waals surface area contributed by atoms with Crippen LogP contribution in [0.3, 0.4) is 0 Å². The van der Waals surface area contributed by atoms with Crippen LogP contribution in [0.5, 0.6) is 5.75 Å². The van der Waals surface area contributed by atoms with Crippen LogP contribution in [0, 0.1) is 0 Å². The van der Waals surface area contributed by atoms with Crippen molar-refractivity contribution in [1.29, 1.82) is 0 Å². The highest BCUT2D eigenvalue weighted by Gasteiger charge is 2.29. The van der Waals surface area contributed by atoms with Crippen LogP contribution in [0.2, 0.25) is 5.02 Å². The van der Waals surface area contributed by atoms with E-state index in [-0.39, 0.29) is 5.75 Å². The molecule has 0 bridgehead atoms. The predicted octanol–water partition coefficient (Wildman–Crippen LogP) is 3.79. The van der Waals surface area contributed by atoms with Crippen LogP contribution in [0.25, 0.3) is 22.4 Å². The van der Waals surface area contributed by atoms with Gasteiger partial charge >= 0.3 is 0 Å². The molecule has 0 saturated heterocycles. The van der Waals surface area contributed by atoms with E-state index in [1.807, 2.05) is 6.07 Å². The molecule has 1 aliphatic carbocycles. The Hall–Kier alpha value is -2.07. The van der Waals surface area contributed by atoms with Crippen molar-refractivity contribution in [1.82, 2.24) is 14.5 Å². The summed E-state index contributed by atoms with van der Waals surface area (Å²) in [5.41, 5.74) is 2.56. The second-order valence-corrected chi connectivity index (χ2v) is 5.50. The number of aromatic hydroxyl groups is 1. The van der Waals surface area contributed by atoms with Gasteiger partial charge in [-0.2, -0.15) is 0 Å². The number of nitrogens with zero attached hydrogens (tertiary/aromatic N) is 3. The molecule has 3 aromatic rings. The van der Waals surface area contributed by atoms with Crippen molar-refractivity contribution in [2.45, 2.75) is 18.9 Å². The summed E-state index contributed by atoms with van der Waals surface area (Å²) in [4.78, 5) is 8.74. The van der Waals surface area contributed by atoms with Crippen LogP contribution in [0.4, 0.5) is 0 Å². The van der Waals surface area contributed by atoms with Gasteiger partial charge in [0.1, 0.15) is 17.1 Å². The minimum Gasteiger partial charge on any atom is -0.507 e. The molecule has 1 fully saturated rings. The van der Waals surface area contributed by atoms with E-state index in [9.17, 15) is 5.11 Å². The molecule has 20 heavy (non-hydrogen) atoms. The molecule has 0 aliphatic heterocycles. The molecule has 100 valence electrons. The van der Waals surface area contributed by atoms with E-state index in [1.54, 1.807) is 30.6 Å². The average molecular weight is 286 g/mol. The fourth-order valence-electron chi connectivity index (χ4n) is 2.53. The van der Waals surface area contributed by atoms with E-state index in [1.165, 1.54) is 0 Å². The fourth-order valence-corrected chi connectivity index (χ4v) is 2.70. The monoisotopic (exact) mass is 285 g/mol. The Morgan fingerprint density at radius 3 is 2.90 bits per heavy atom. The zero-order valence-corrected chi connectivity index (χ0v) is 11.4. The summed E-state index contributed by atoms with van der Waals surface area (Å²) >= 11 is 6.05. The lowest BCUT2D eigenvalue weighted by Gasteiger charge is -2.09. The lowest BCUT2D eigenvalue weighted by atomic mass is 10.2. The molecule has 0 spiro atoms. The van der Waals surface area contributed by atoms with E-state index in [0.29, 0.717) is 16.6 Å². The molecule has 2 aromatic heterocycles. The number of hydrogen-bond acceptors (Lipinski definition) is 3. The summed E-state index contributed by atoms with van der Waals surface area (Å²) in [6.45, 7) is 0. The van der Waals surface area contributed by atoms with Crippen LogP contribution < -0.4 is 0 Å². The Labute approximate surface area is 120 Å². The fraction of sp³-hybridized carbons (Fsp3) is 0.200. The smallest absolute Gasteiger partial charge is 0.145 e. The number of benzene rings is 1. The standard InChI is InChI=1S/C15H12ClN3O/c16-9-1-4-14(20)11(7-9)15-18-12-8-17-6-5-13(12)19(15)10-2-3-10/h1,4-8,10,20H,2-3H2. The van der Waals surface area contributed by atoms with E-state index in [0.717, 1.165) is 29.7 Å². The summed E-state index contributed by atoms with van der Waals surface area (Å²) in [6.07, 6.45) is 5.80. The Morgan fingerprint density at radius 1 is 1.25 bits per heavy atom. The molecule has 1 aromatic carbocycles. The SMILES string of the molecule is Oc1ccc(Cl)cc1-c1nc2cnccc2n1C1CC1. The molecule has 1 N–H and O–H groups in total. The normalized spacial score (nSPS) is 14.8. The second-order valence-electron chi connectivity index (χ2n) is 5.06. The molecule has 0 radical (unpaired) electrons. The second kappa shape index (κ2) is 4.21. The van der Waals surface area contributed by atoms with Gasteiger partial charge in [0.2, 0.25) is 0 Å². The molecule has 0 unspecified atom stereocenters. The highest BCUT2D eigenvalue weighted by Crippen LogP contribution is 2.43. The minimum atomic E-state index is 0.194. The number of imidazole rings is 1. The van der Waals surface area contributed by atoms with Crippen LogP contribution in [-0.2, 0) is 0 Å². The number of fused-ring (bicyclic) bond motifs is 1. The van der Waals surface area contributed by atoms with Gasteiger partial charge in [-0.05, 0) is 37.1 Å². The molecular formula is C15H12ClN3O. The number of hydrogen-bond donors (Lipinski definition) is 1. The molecule has 4 rings (SSSR count). The van der Waals surface area contributed by atoms with Crippen molar-refractivity contribution in [3.05, 3.63) is 41.7 Å². The maximum atomic E-state index is 10.1. The zero-order valence-electron chi connectivity index (χ0n) is 10.6. The maximum absolute atomic E-state index is 10.1. The van der Waals surface area contributed by atoms with E-state index < -0.39 is 0 Å². The van der Waals surface area contributed by atoms with Crippen LogP contribution in [0.15, 0.2) is 36.7 Å². The summed E-state index contributed by atoms with van der Waals surface area (Å²) in [5.74, 6) is 0.954. The largest absolute Gasteiger partial charge is 0.507 e. The summed E-state index contributed by atoms with van der Waals surface area (Å²) in [7, 11) is 0. The predicted molar refractivity (Wildman–Crippen MR) is 77.9 cm³/mol. The quantitative estimate of drug-likeness (QED) is 0.779. The molecule has 5 heteroatoms. The van der Waals surface area contributed by atoms with Gasteiger partial charge in [-0.3, -0.25) is 4.98 Å². The van der Waals surface area contributed by atoms with Gasteiger partial charge in [0, 0.05) is 17.3 Å². The minimum absolute atomic E-state index is 0.194. The number of phenolic OH excluding ortho intramolecular Hbond substituents is 1. The third kappa shape index (κ3) is 1.76. The Kier molecular flexibility index (Phi) is 2.47. The molecular weight excluding hydrogens is 274 g/mol. The molecule has 1 aliphatic rings. The molecule has 2 heterocycles.